The molecule has 106 valence electrons. The van der Waals surface area contributed by atoms with Crippen LogP contribution in [0.3, 0.4) is 0 Å². The lowest BCUT2D eigenvalue weighted by Crippen LogP contribution is -2.23. The van der Waals surface area contributed by atoms with Crippen LogP contribution in [-0.2, 0) is 4.74 Å². The van der Waals surface area contributed by atoms with E-state index in [1.165, 1.54) is 0 Å². The molecular formula is C14H18N4O2. The predicted molar refractivity (Wildman–Crippen MR) is 72.8 cm³/mol. The molecule has 0 unspecified atom stereocenters. The van der Waals surface area contributed by atoms with Crippen molar-refractivity contribution in [1.29, 1.82) is 15.8 Å². The first-order valence-electron chi connectivity index (χ1n) is 6.05. The Morgan fingerprint density at radius 3 is 2.15 bits per heavy atom. The first-order chi connectivity index (χ1) is 9.53. The minimum Gasteiger partial charge on any atom is -0.394 e. The summed E-state index contributed by atoms with van der Waals surface area (Å²) >= 11 is 0. The first-order valence-corrected chi connectivity index (χ1v) is 6.05. The Hall–Kier alpha value is -2.33. The summed E-state index contributed by atoms with van der Waals surface area (Å²) in [6.07, 6.45) is 0. The van der Waals surface area contributed by atoms with Crippen LogP contribution in [-0.4, -0.2) is 43.4 Å². The van der Waals surface area contributed by atoms with E-state index in [-0.39, 0.29) is 18.8 Å². The number of aliphatic hydroxyl groups excluding tert-OH is 1. The molecule has 0 amide bonds. The number of hydrogen-bond acceptors (Lipinski definition) is 6. The van der Waals surface area contributed by atoms with Crippen molar-refractivity contribution < 1.29 is 9.84 Å². The topological polar surface area (TPSA) is 104 Å². The molecule has 20 heavy (non-hydrogen) atoms. The molecule has 0 aromatic heterocycles. The van der Waals surface area contributed by atoms with Crippen LogP contribution < -0.4 is 0 Å². The van der Waals surface area contributed by atoms with Gasteiger partial charge >= 0.3 is 0 Å². The number of allylic oxidation sites excluding steroid dienone is 4. The fourth-order valence-electron chi connectivity index (χ4n) is 1.48. The summed E-state index contributed by atoms with van der Waals surface area (Å²) in [4.78, 5) is 1.81. The molecule has 0 rings (SSSR count). The maximum atomic E-state index is 9.21. The van der Waals surface area contributed by atoms with E-state index in [0.29, 0.717) is 30.0 Å². The number of ether oxygens (including phenoxy) is 1. The third-order valence-corrected chi connectivity index (χ3v) is 2.83. The van der Waals surface area contributed by atoms with Crippen LogP contribution in [0.25, 0.3) is 0 Å². The zero-order chi connectivity index (χ0) is 15.5. The number of nitrogens with zero attached hydrogens (tertiary/aromatic N) is 4. The lowest BCUT2D eigenvalue weighted by molar-refractivity contribution is 0.0829. The van der Waals surface area contributed by atoms with E-state index in [2.05, 4.69) is 0 Å². The minimum atomic E-state index is -0.0640. The van der Waals surface area contributed by atoms with Gasteiger partial charge in [0.05, 0.1) is 25.4 Å². The van der Waals surface area contributed by atoms with Crippen LogP contribution in [0.2, 0.25) is 0 Å². The Labute approximate surface area is 119 Å². The van der Waals surface area contributed by atoms with Gasteiger partial charge in [-0.3, -0.25) is 0 Å². The Morgan fingerprint density at radius 2 is 1.70 bits per heavy atom. The molecule has 1 N–H and O–H groups in total. The van der Waals surface area contributed by atoms with Gasteiger partial charge in [-0.1, -0.05) is 0 Å². The van der Waals surface area contributed by atoms with E-state index >= 15 is 0 Å². The molecule has 0 fully saturated rings. The second kappa shape index (κ2) is 9.58. The van der Waals surface area contributed by atoms with Gasteiger partial charge in [0.15, 0.2) is 0 Å². The monoisotopic (exact) mass is 274 g/mol. The Balaban J connectivity index is 5.11. The summed E-state index contributed by atoms with van der Waals surface area (Å²) in [5, 5.41) is 35.5. The van der Waals surface area contributed by atoms with Crippen molar-refractivity contribution in [3.8, 4) is 18.2 Å². The highest BCUT2D eigenvalue weighted by Gasteiger charge is 2.12. The first kappa shape index (κ1) is 17.7. The van der Waals surface area contributed by atoms with Crippen LogP contribution in [0.1, 0.15) is 13.8 Å². The third-order valence-electron chi connectivity index (χ3n) is 2.83. The lowest BCUT2D eigenvalue weighted by Gasteiger charge is -2.21. The van der Waals surface area contributed by atoms with Gasteiger partial charge in [-0.15, -0.1) is 0 Å². The van der Waals surface area contributed by atoms with Crippen LogP contribution in [0.15, 0.2) is 22.4 Å². The highest BCUT2D eigenvalue weighted by molar-refractivity contribution is 5.54. The number of aliphatic hydroxyl groups is 1. The summed E-state index contributed by atoms with van der Waals surface area (Å²) in [5.74, 6) is 0. The van der Waals surface area contributed by atoms with Gasteiger partial charge in [-0.05, 0) is 19.4 Å². The van der Waals surface area contributed by atoms with Gasteiger partial charge in [-0.25, -0.2) is 0 Å². The predicted octanol–water partition coefficient (Wildman–Crippen LogP) is 1.09. The summed E-state index contributed by atoms with van der Waals surface area (Å²) in [5.41, 5.74) is 1.29. The average Bonchev–Trinajstić information content (AvgIpc) is 2.45. The quantitative estimate of drug-likeness (QED) is 0.423. The van der Waals surface area contributed by atoms with Crippen LogP contribution >= 0.6 is 0 Å². The van der Waals surface area contributed by atoms with Crippen molar-refractivity contribution in [3.63, 3.8) is 0 Å². The highest BCUT2D eigenvalue weighted by atomic mass is 16.5. The fraction of sp³-hybridized carbons (Fsp3) is 0.500. The van der Waals surface area contributed by atoms with Gasteiger partial charge in [0.2, 0.25) is 0 Å². The molecule has 0 heterocycles. The van der Waals surface area contributed by atoms with Gasteiger partial charge in [0.25, 0.3) is 0 Å². The molecule has 0 spiro atoms. The lowest BCUT2D eigenvalue weighted by atomic mass is 10.0. The van der Waals surface area contributed by atoms with Crippen molar-refractivity contribution in [3.05, 3.63) is 22.4 Å². The zero-order valence-corrected chi connectivity index (χ0v) is 12.0. The molecule has 0 atom stereocenters. The molecular weight excluding hydrogens is 256 g/mol. The van der Waals surface area contributed by atoms with Crippen molar-refractivity contribution in [2.24, 2.45) is 0 Å². The zero-order valence-electron chi connectivity index (χ0n) is 12.0. The number of likely N-dealkylation sites (N-methyl/N-ethyl adjacent to an activating group) is 1. The summed E-state index contributed by atoms with van der Waals surface area (Å²) in [7, 11) is 1.79. The number of hydrogen-bond donors (Lipinski definition) is 1. The third kappa shape index (κ3) is 5.12. The second-order valence-electron chi connectivity index (χ2n) is 4.05. The van der Waals surface area contributed by atoms with E-state index in [0.717, 1.165) is 0 Å². The van der Waals surface area contributed by atoms with Crippen LogP contribution in [0.4, 0.5) is 0 Å². The molecule has 0 aliphatic carbocycles. The maximum absolute atomic E-state index is 9.21. The summed E-state index contributed by atoms with van der Waals surface area (Å²) in [6, 6.07) is 5.59. The van der Waals surface area contributed by atoms with E-state index < -0.39 is 0 Å². The molecule has 0 saturated heterocycles. The average molecular weight is 274 g/mol. The molecule has 0 aliphatic heterocycles. The van der Waals surface area contributed by atoms with Crippen LogP contribution in [0, 0.1) is 34.0 Å². The van der Waals surface area contributed by atoms with Gasteiger partial charge in [0.1, 0.15) is 23.8 Å². The maximum Gasteiger partial charge on any atom is 0.133 e. The Bertz CT molecular complexity index is 499. The highest BCUT2D eigenvalue weighted by Crippen LogP contribution is 2.19. The Morgan fingerprint density at radius 1 is 1.10 bits per heavy atom. The van der Waals surface area contributed by atoms with Crippen LogP contribution in [0.5, 0.6) is 0 Å². The van der Waals surface area contributed by atoms with E-state index in [1.54, 1.807) is 33.0 Å². The molecule has 6 heteroatoms. The molecule has 0 radical (unpaired) electrons. The number of nitriles is 3. The van der Waals surface area contributed by atoms with Gasteiger partial charge in [0, 0.05) is 19.3 Å². The van der Waals surface area contributed by atoms with E-state index in [4.69, 9.17) is 20.4 Å². The normalized spacial score (nSPS) is 10.7. The summed E-state index contributed by atoms with van der Waals surface area (Å²) < 4.78 is 5.15. The molecule has 0 aliphatic rings. The molecule has 0 bridgehead atoms. The van der Waals surface area contributed by atoms with Crippen molar-refractivity contribution in [2.45, 2.75) is 13.8 Å². The SMILES string of the molecule is CC(=C(C#N)C#N)/C(C#N)=C(\C)N(C)CCOCCO. The van der Waals surface area contributed by atoms with Gasteiger partial charge < -0.3 is 14.7 Å². The molecule has 0 aromatic carbocycles. The minimum absolute atomic E-state index is 0.0302. The van der Waals surface area contributed by atoms with Crippen molar-refractivity contribution in [1.82, 2.24) is 4.90 Å². The van der Waals surface area contributed by atoms with E-state index in [9.17, 15) is 5.26 Å². The molecule has 0 saturated carbocycles. The van der Waals surface area contributed by atoms with Gasteiger partial charge in [-0.2, -0.15) is 15.8 Å². The molecule has 6 nitrogen and oxygen atoms in total. The summed E-state index contributed by atoms with van der Waals surface area (Å²) in [6.45, 7) is 4.53. The Kier molecular flexibility index (Phi) is 8.46. The van der Waals surface area contributed by atoms with E-state index in [1.807, 2.05) is 11.0 Å². The fourth-order valence-corrected chi connectivity index (χ4v) is 1.48. The second-order valence-corrected chi connectivity index (χ2v) is 4.05. The largest absolute Gasteiger partial charge is 0.394 e. The number of rotatable bonds is 7. The van der Waals surface area contributed by atoms with Crippen molar-refractivity contribution in [2.75, 3.05) is 33.4 Å². The van der Waals surface area contributed by atoms with Crippen molar-refractivity contribution >= 4 is 0 Å². The standard InChI is InChI=1S/C14H18N4O2/c1-11(13(8-15)9-16)14(10-17)12(2)18(3)4-6-20-7-5-19/h19H,4-7H2,1-3H3/b14-12+. The smallest absolute Gasteiger partial charge is 0.133 e. The molecule has 0 aromatic rings.